The van der Waals surface area contributed by atoms with Gasteiger partial charge < -0.3 is 0 Å². The first-order valence-electron chi connectivity index (χ1n) is 6.05. The molecule has 0 atom stereocenters. The third-order valence-corrected chi connectivity index (χ3v) is 4.26. The SMILES string of the molecule is CCC(C)=C=CC(C)(C)/C(C)=N/N(C)C(=S)SC. The molecule has 0 unspecified atom stereocenters. The molecule has 0 spiro atoms. The number of thiocarbonyl (C=S) groups is 1. The molecule has 2 nitrogen and oxygen atoms in total. The normalized spacial score (nSPS) is 11.8. The van der Waals surface area contributed by atoms with Crippen LogP contribution in [-0.4, -0.2) is 28.3 Å². The molecule has 0 aliphatic carbocycles. The fraction of sp³-hybridized carbons (Fsp3) is 0.643. The predicted molar refractivity (Wildman–Crippen MR) is 88.3 cm³/mol. The highest BCUT2D eigenvalue weighted by Gasteiger charge is 2.19. The Kier molecular flexibility index (Phi) is 7.53. The molecule has 0 aromatic rings. The van der Waals surface area contributed by atoms with Crippen molar-refractivity contribution in [3.8, 4) is 0 Å². The third-order valence-electron chi connectivity index (χ3n) is 2.88. The van der Waals surface area contributed by atoms with Crippen LogP contribution in [0.15, 0.2) is 22.5 Å². The second-order valence-corrected chi connectivity index (χ2v) is 6.26. The van der Waals surface area contributed by atoms with Gasteiger partial charge in [-0.05, 0) is 38.2 Å². The summed E-state index contributed by atoms with van der Waals surface area (Å²) in [7, 11) is 1.88. The minimum Gasteiger partial charge on any atom is -0.252 e. The molecule has 18 heavy (non-hydrogen) atoms. The summed E-state index contributed by atoms with van der Waals surface area (Å²) in [4.78, 5) is 0. The zero-order valence-corrected chi connectivity index (χ0v) is 14.1. The van der Waals surface area contributed by atoms with Gasteiger partial charge in [0, 0.05) is 18.2 Å². The molecule has 0 saturated carbocycles. The highest BCUT2D eigenvalue weighted by atomic mass is 32.2. The van der Waals surface area contributed by atoms with E-state index in [0.29, 0.717) is 0 Å². The van der Waals surface area contributed by atoms with Crippen LogP contribution in [-0.2, 0) is 0 Å². The molecule has 0 rings (SSSR count). The highest BCUT2D eigenvalue weighted by Crippen LogP contribution is 2.20. The van der Waals surface area contributed by atoms with Crippen LogP contribution in [0.1, 0.15) is 41.0 Å². The smallest absolute Gasteiger partial charge is 0.156 e. The van der Waals surface area contributed by atoms with E-state index in [9.17, 15) is 0 Å². The van der Waals surface area contributed by atoms with Gasteiger partial charge in [0.05, 0.1) is 0 Å². The van der Waals surface area contributed by atoms with Crippen LogP contribution in [0.5, 0.6) is 0 Å². The van der Waals surface area contributed by atoms with Crippen LogP contribution in [0, 0.1) is 5.41 Å². The minimum atomic E-state index is -0.112. The highest BCUT2D eigenvalue weighted by molar-refractivity contribution is 8.22. The molecule has 0 aromatic carbocycles. The van der Waals surface area contributed by atoms with Crippen LogP contribution in [0.2, 0.25) is 0 Å². The van der Waals surface area contributed by atoms with Crippen molar-refractivity contribution in [2.24, 2.45) is 10.5 Å². The van der Waals surface area contributed by atoms with Gasteiger partial charge in [-0.15, -0.1) is 5.73 Å². The molecule has 102 valence electrons. The molecule has 0 N–H and O–H groups in total. The van der Waals surface area contributed by atoms with E-state index in [2.05, 4.69) is 44.6 Å². The molecule has 0 saturated heterocycles. The van der Waals surface area contributed by atoms with E-state index in [4.69, 9.17) is 12.2 Å². The average Bonchev–Trinajstić information content (AvgIpc) is 2.34. The first-order valence-corrected chi connectivity index (χ1v) is 7.68. The van der Waals surface area contributed by atoms with Crippen molar-refractivity contribution in [2.75, 3.05) is 13.3 Å². The van der Waals surface area contributed by atoms with E-state index >= 15 is 0 Å². The lowest BCUT2D eigenvalue weighted by Gasteiger charge is -2.22. The Morgan fingerprint density at radius 3 is 2.44 bits per heavy atom. The molecule has 0 amide bonds. The topological polar surface area (TPSA) is 15.6 Å². The second kappa shape index (κ2) is 7.78. The number of rotatable bonds is 4. The molecule has 0 radical (unpaired) electrons. The summed E-state index contributed by atoms with van der Waals surface area (Å²) in [5.74, 6) is 0. The van der Waals surface area contributed by atoms with E-state index < -0.39 is 0 Å². The molecule has 0 aliphatic rings. The monoisotopic (exact) mass is 284 g/mol. The molecule has 0 heterocycles. The molecular formula is C14H24N2S2. The van der Waals surface area contributed by atoms with Crippen LogP contribution in [0.4, 0.5) is 0 Å². The Labute approximate surface area is 121 Å². The van der Waals surface area contributed by atoms with Gasteiger partial charge in [0.1, 0.15) is 0 Å². The zero-order chi connectivity index (χ0) is 14.3. The van der Waals surface area contributed by atoms with Crippen molar-refractivity contribution in [2.45, 2.75) is 41.0 Å². The Morgan fingerprint density at radius 1 is 1.44 bits per heavy atom. The predicted octanol–water partition coefficient (Wildman–Crippen LogP) is 4.48. The maximum Gasteiger partial charge on any atom is 0.156 e. The van der Waals surface area contributed by atoms with Gasteiger partial charge in [0.25, 0.3) is 0 Å². The van der Waals surface area contributed by atoms with Gasteiger partial charge >= 0.3 is 0 Å². The Bertz CT molecular complexity index is 389. The van der Waals surface area contributed by atoms with Gasteiger partial charge in [-0.3, -0.25) is 5.01 Å². The number of hydrogen-bond donors (Lipinski definition) is 0. The molecule has 4 heteroatoms. The molecular weight excluding hydrogens is 260 g/mol. The van der Waals surface area contributed by atoms with Crippen LogP contribution in [0.3, 0.4) is 0 Å². The third kappa shape index (κ3) is 5.85. The standard InChI is InChI=1S/C14H24N2S2/c1-8-11(2)9-10-14(4,5)12(3)15-16(6)13(17)18-7/h10H,8H2,1-7H3/b15-12+. The summed E-state index contributed by atoms with van der Waals surface area (Å²) in [6.45, 7) is 10.5. The number of allylic oxidation sites excluding steroid dienone is 1. The summed E-state index contributed by atoms with van der Waals surface area (Å²) in [5, 5.41) is 6.28. The zero-order valence-electron chi connectivity index (χ0n) is 12.5. The van der Waals surface area contributed by atoms with Gasteiger partial charge in [-0.25, -0.2) is 0 Å². The van der Waals surface area contributed by atoms with Crippen molar-refractivity contribution in [3.05, 3.63) is 17.4 Å². The second-order valence-electron chi connectivity index (χ2n) is 4.82. The fourth-order valence-electron chi connectivity index (χ4n) is 1.04. The van der Waals surface area contributed by atoms with Gasteiger partial charge in [0.2, 0.25) is 0 Å². The van der Waals surface area contributed by atoms with Crippen molar-refractivity contribution < 1.29 is 0 Å². The Morgan fingerprint density at radius 2 is 2.00 bits per heavy atom. The number of hydrazone groups is 1. The van der Waals surface area contributed by atoms with E-state index in [1.54, 1.807) is 5.01 Å². The van der Waals surface area contributed by atoms with Crippen molar-refractivity contribution in [1.29, 1.82) is 0 Å². The molecule has 0 aromatic heterocycles. The number of hydrogen-bond acceptors (Lipinski definition) is 3. The molecule has 0 aliphatic heterocycles. The van der Waals surface area contributed by atoms with Crippen LogP contribution >= 0.6 is 24.0 Å². The minimum absolute atomic E-state index is 0.112. The first-order chi connectivity index (χ1) is 8.24. The van der Waals surface area contributed by atoms with Crippen molar-refractivity contribution in [1.82, 2.24) is 5.01 Å². The maximum absolute atomic E-state index is 5.20. The lowest BCUT2D eigenvalue weighted by Crippen LogP contribution is -2.24. The Balaban J connectivity index is 5.07. The largest absolute Gasteiger partial charge is 0.252 e. The van der Waals surface area contributed by atoms with Crippen LogP contribution in [0.25, 0.3) is 0 Å². The van der Waals surface area contributed by atoms with E-state index in [1.807, 2.05) is 20.2 Å². The van der Waals surface area contributed by atoms with E-state index in [1.165, 1.54) is 17.3 Å². The summed E-state index contributed by atoms with van der Waals surface area (Å²) in [6.07, 6.45) is 5.07. The lowest BCUT2D eigenvalue weighted by atomic mass is 9.88. The van der Waals surface area contributed by atoms with E-state index in [-0.39, 0.29) is 5.41 Å². The lowest BCUT2D eigenvalue weighted by molar-refractivity contribution is 0.542. The fourth-order valence-corrected chi connectivity index (χ4v) is 1.38. The van der Waals surface area contributed by atoms with Gasteiger partial charge in [-0.2, -0.15) is 5.10 Å². The van der Waals surface area contributed by atoms with Crippen molar-refractivity contribution in [3.63, 3.8) is 0 Å². The summed E-state index contributed by atoms with van der Waals surface area (Å²) in [6, 6.07) is 0. The number of nitrogens with zero attached hydrogens (tertiary/aromatic N) is 2. The van der Waals surface area contributed by atoms with Gasteiger partial charge in [0.15, 0.2) is 4.32 Å². The molecule has 0 fully saturated rings. The average molecular weight is 284 g/mol. The van der Waals surface area contributed by atoms with E-state index in [0.717, 1.165) is 16.5 Å². The number of thioether (sulfide) groups is 1. The van der Waals surface area contributed by atoms with Crippen molar-refractivity contribution >= 4 is 34.0 Å². The quantitative estimate of drug-likeness (QED) is 0.328. The van der Waals surface area contributed by atoms with Crippen LogP contribution < -0.4 is 0 Å². The Hall–Kier alpha value is -0.570. The summed E-state index contributed by atoms with van der Waals surface area (Å²) in [5.41, 5.74) is 5.49. The molecule has 0 bridgehead atoms. The van der Waals surface area contributed by atoms with Gasteiger partial charge in [-0.1, -0.05) is 44.8 Å². The first kappa shape index (κ1) is 17.4. The summed E-state index contributed by atoms with van der Waals surface area (Å²) >= 11 is 6.72. The maximum atomic E-state index is 5.20. The summed E-state index contributed by atoms with van der Waals surface area (Å²) < 4.78 is 0.773.